The van der Waals surface area contributed by atoms with Gasteiger partial charge in [0, 0.05) is 11.8 Å². The summed E-state index contributed by atoms with van der Waals surface area (Å²) in [6, 6.07) is 15.9. The molecule has 0 spiro atoms. The summed E-state index contributed by atoms with van der Waals surface area (Å²) in [6.07, 6.45) is 2.94. The van der Waals surface area contributed by atoms with Gasteiger partial charge in [-0.05, 0) is 43.7 Å². The molecule has 1 amide bonds. The normalized spacial score (nSPS) is 10.9. The van der Waals surface area contributed by atoms with Crippen LogP contribution in [0, 0.1) is 6.92 Å². The number of hydrogen-bond donors (Lipinski definition) is 2. The SMILES string of the molecule is CCOc1cccc(/C=N\NC(=O)c2cccn(Cc3cccc(C)c3)c2=O)c1O. The van der Waals surface area contributed by atoms with Crippen molar-refractivity contribution in [1.82, 2.24) is 9.99 Å². The number of nitrogens with zero attached hydrogens (tertiary/aromatic N) is 2. The van der Waals surface area contributed by atoms with Crippen molar-refractivity contribution in [2.45, 2.75) is 20.4 Å². The van der Waals surface area contributed by atoms with E-state index in [1.165, 1.54) is 16.8 Å². The van der Waals surface area contributed by atoms with Crippen molar-refractivity contribution in [3.8, 4) is 11.5 Å². The first-order valence-electron chi connectivity index (χ1n) is 9.52. The highest BCUT2D eigenvalue weighted by Crippen LogP contribution is 2.28. The first-order chi connectivity index (χ1) is 14.5. The highest BCUT2D eigenvalue weighted by atomic mass is 16.5. The number of aryl methyl sites for hydroxylation is 1. The molecular weight excluding hydrogens is 382 g/mol. The Bertz CT molecular complexity index is 1140. The van der Waals surface area contributed by atoms with Gasteiger partial charge in [-0.15, -0.1) is 0 Å². The number of ether oxygens (including phenoxy) is 1. The van der Waals surface area contributed by atoms with Gasteiger partial charge in [0.15, 0.2) is 11.5 Å². The summed E-state index contributed by atoms with van der Waals surface area (Å²) >= 11 is 0. The second-order valence-electron chi connectivity index (χ2n) is 6.67. The number of benzene rings is 2. The molecule has 0 bridgehead atoms. The molecule has 3 aromatic rings. The number of para-hydroxylation sites is 1. The van der Waals surface area contributed by atoms with Crippen molar-refractivity contribution < 1.29 is 14.6 Å². The second kappa shape index (κ2) is 9.56. The fraction of sp³-hybridized carbons (Fsp3) is 0.174. The lowest BCUT2D eigenvalue weighted by Gasteiger charge is -2.08. The second-order valence-corrected chi connectivity index (χ2v) is 6.67. The molecule has 0 aliphatic carbocycles. The van der Waals surface area contributed by atoms with E-state index in [0.717, 1.165) is 11.1 Å². The molecule has 7 heteroatoms. The van der Waals surface area contributed by atoms with E-state index in [2.05, 4.69) is 10.5 Å². The quantitative estimate of drug-likeness (QED) is 0.467. The number of nitrogens with one attached hydrogen (secondary N) is 1. The predicted octanol–water partition coefficient (Wildman–Crippen LogP) is 3.07. The van der Waals surface area contributed by atoms with Crippen LogP contribution in [0.5, 0.6) is 11.5 Å². The van der Waals surface area contributed by atoms with Crippen molar-refractivity contribution in [1.29, 1.82) is 0 Å². The summed E-state index contributed by atoms with van der Waals surface area (Å²) < 4.78 is 6.79. The van der Waals surface area contributed by atoms with Gasteiger partial charge >= 0.3 is 0 Å². The minimum atomic E-state index is -0.629. The Labute approximate surface area is 174 Å². The third-order valence-electron chi connectivity index (χ3n) is 4.40. The summed E-state index contributed by atoms with van der Waals surface area (Å²) in [4.78, 5) is 25.1. The number of aromatic nitrogens is 1. The first kappa shape index (κ1) is 20.9. The molecule has 0 aliphatic heterocycles. The highest BCUT2D eigenvalue weighted by molar-refractivity contribution is 5.94. The molecule has 154 valence electrons. The summed E-state index contributed by atoms with van der Waals surface area (Å²) in [6.45, 7) is 4.57. The topological polar surface area (TPSA) is 92.9 Å². The zero-order valence-corrected chi connectivity index (χ0v) is 16.8. The van der Waals surface area contributed by atoms with Crippen molar-refractivity contribution >= 4 is 12.1 Å². The fourth-order valence-electron chi connectivity index (χ4n) is 2.98. The Kier molecular flexibility index (Phi) is 6.64. The van der Waals surface area contributed by atoms with Crippen LogP contribution in [-0.4, -0.2) is 28.4 Å². The van der Waals surface area contributed by atoms with Gasteiger partial charge in [-0.3, -0.25) is 9.59 Å². The minimum absolute atomic E-state index is 0.0189. The third-order valence-corrected chi connectivity index (χ3v) is 4.40. The number of carbonyl (C=O) groups is 1. The van der Waals surface area contributed by atoms with Crippen LogP contribution in [0.15, 0.2) is 70.7 Å². The number of rotatable bonds is 7. The minimum Gasteiger partial charge on any atom is -0.504 e. The molecule has 0 unspecified atom stereocenters. The molecule has 7 nitrogen and oxygen atoms in total. The van der Waals surface area contributed by atoms with E-state index in [1.54, 1.807) is 30.5 Å². The van der Waals surface area contributed by atoms with Crippen molar-refractivity contribution in [3.63, 3.8) is 0 Å². The molecule has 0 radical (unpaired) electrons. The molecule has 0 atom stereocenters. The number of aromatic hydroxyl groups is 1. The van der Waals surface area contributed by atoms with Gasteiger partial charge in [0.05, 0.1) is 19.4 Å². The molecule has 0 saturated carbocycles. The largest absolute Gasteiger partial charge is 0.504 e. The molecule has 2 N–H and O–H groups in total. The molecule has 0 aliphatic rings. The van der Waals surface area contributed by atoms with Crippen LogP contribution in [0.25, 0.3) is 0 Å². The maximum absolute atomic E-state index is 12.7. The van der Waals surface area contributed by atoms with Crippen LogP contribution >= 0.6 is 0 Å². The Hall–Kier alpha value is -3.87. The summed E-state index contributed by atoms with van der Waals surface area (Å²) in [7, 11) is 0. The van der Waals surface area contributed by atoms with Crippen LogP contribution in [0.4, 0.5) is 0 Å². The lowest BCUT2D eigenvalue weighted by Crippen LogP contribution is -2.30. The van der Waals surface area contributed by atoms with E-state index in [-0.39, 0.29) is 11.3 Å². The Morgan fingerprint density at radius 1 is 1.20 bits per heavy atom. The molecule has 1 heterocycles. The number of hydrogen-bond acceptors (Lipinski definition) is 5. The van der Waals surface area contributed by atoms with Crippen LogP contribution in [-0.2, 0) is 6.54 Å². The lowest BCUT2D eigenvalue weighted by molar-refractivity contribution is 0.0953. The van der Waals surface area contributed by atoms with E-state index < -0.39 is 11.5 Å². The number of phenols is 1. The summed E-state index contributed by atoms with van der Waals surface area (Å²) in [5.41, 5.74) is 4.35. The number of phenolic OH excluding ortho intramolecular Hbond substituents is 1. The van der Waals surface area contributed by atoms with Crippen LogP contribution in [0.1, 0.15) is 34.0 Å². The number of carbonyl (C=O) groups excluding carboxylic acids is 1. The predicted molar refractivity (Wildman–Crippen MR) is 115 cm³/mol. The maximum Gasteiger partial charge on any atom is 0.276 e. The summed E-state index contributed by atoms with van der Waals surface area (Å²) in [5, 5.41) is 14.0. The molecular formula is C23H23N3O4. The molecule has 2 aromatic carbocycles. The maximum atomic E-state index is 12.7. The van der Waals surface area contributed by atoms with Gasteiger partial charge in [-0.2, -0.15) is 5.10 Å². The number of pyridine rings is 1. The Morgan fingerprint density at radius 3 is 2.77 bits per heavy atom. The molecule has 30 heavy (non-hydrogen) atoms. The number of hydrazone groups is 1. The zero-order valence-electron chi connectivity index (χ0n) is 16.8. The Morgan fingerprint density at radius 2 is 2.00 bits per heavy atom. The van der Waals surface area contributed by atoms with Crippen LogP contribution in [0.3, 0.4) is 0 Å². The van der Waals surface area contributed by atoms with Crippen molar-refractivity contribution in [2.75, 3.05) is 6.61 Å². The average Bonchev–Trinajstić information content (AvgIpc) is 2.72. The van der Waals surface area contributed by atoms with Crippen molar-refractivity contribution in [2.24, 2.45) is 5.10 Å². The zero-order chi connectivity index (χ0) is 21.5. The number of amides is 1. The standard InChI is InChI=1S/C23H23N3O4/c1-3-30-20-11-5-9-18(21(20)27)14-24-25-22(28)19-10-6-12-26(23(19)29)15-17-8-4-7-16(2)13-17/h4-14,27H,3,15H2,1-2H3,(H,25,28)/b24-14-. The third kappa shape index (κ3) is 4.94. The smallest absolute Gasteiger partial charge is 0.276 e. The van der Waals surface area contributed by atoms with Gasteiger partial charge in [-0.1, -0.05) is 35.9 Å². The molecule has 3 rings (SSSR count). The average molecular weight is 405 g/mol. The van der Waals surface area contributed by atoms with Gasteiger partial charge in [0.2, 0.25) is 0 Å². The monoisotopic (exact) mass is 405 g/mol. The van der Waals surface area contributed by atoms with Gasteiger partial charge < -0.3 is 14.4 Å². The van der Waals surface area contributed by atoms with E-state index in [9.17, 15) is 14.7 Å². The first-order valence-corrected chi connectivity index (χ1v) is 9.52. The van der Waals surface area contributed by atoms with Gasteiger partial charge in [-0.25, -0.2) is 5.43 Å². The van der Waals surface area contributed by atoms with Crippen molar-refractivity contribution in [3.05, 3.63) is 93.4 Å². The lowest BCUT2D eigenvalue weighted by atomic mass is 10.1. The van der Waals surface area contributed by atoms with Gasteiger partial charge in [0.1, 0.15) is 5.56 Å². The molecule has 0 saturated heterocycles. The van der Waals surface area contributed by atoms with E-state index in [4.69, 9.17) is 4.74 Å². The Balaban J connectivity index is 1.74. The fourth-order valence-corrected chi connectivity index (χ4v) is 2.98. The summed E-state index contributed by atoms with van der Waals surface area (Å²) in [5.74, 6) is -0.372. The van der Waals surface area contributed by atoms with E-state index in [1.807, 2.05) is 38.1 Å². The highest BCUT2D eigenvalue weighted by Gasteiger charge is 2.12. The van der Waals surface area contributed by atoms with Crippen LogP contribution in [0.2, 0.25) is 0 Å². The van der Waals surface area contributed by atoms with Crippen LogP contribution < -0.4 is 15.7 Å². The van der Waals surface area contributed by atoms with E-state index >= 15 is 0 Å². The molecule has 0 fully saturated rings. The van der Waals surface area contributed by atoms with Gasteiger partial charge in [0.25, 0.3) is 11.5 Å². The van der Waals surface area contributed by atoms with E-state index in [0.29, 0.717) is 24.5 Å². The molecule has 1 aromatic heterocycles.